The third kappa shape index (κ3) is 3.02. The first kappa shape index (κ1) is 15.0. The molecule has 0 aromatic heterocycles. The minimum atomic E-state index is -0.407. The van der Waals surface area contributed by atoms with E-state index in [-0.39, 0.29) is 11.7 Å². The second-order valence-electron chi connectivity index (χ2n) is 5.50. The van der Waals surface area contributed by atoms with Gasteiger partial charge in [-0.2, -0.15) is 0 Å². The molecule has 108 valence electrons. The van der Waals surface area contributed by atoms with Crippen molar-refractivity contribution >= 4 is 23.3 Å². The van der Waals surface area contributed by atoms with Crippen LogP contribution in [0.4, 0.5) is 0 Å². The highest BCUT2D eigenvalue weighted by atomic mass is 35.5. The van der Waals surface area contributed by atoms with Crippen LogP contribution in [0.15, 0.2) is 24.3 Å². The Morgan fingerprint density at radius 3 is 2.75 bits per heavy atom. The molecule has 5 heteroatoms. The first-order chi connectivity index (χ1) is 9.46. The van der Waals surface area contributed by atoms with Crippen molar-refractivity contribution in [2.75, 3.05) is 26.7 Å². The highest BCUT2D eigenvalue weighted by molar-refractivity contribution is 6.34. The summed E-state index contributed by atoms with van der Waals surface area (Å²) in [4.78, 5) is 26.1. The van der Waals surface area contributed by atoms with Crippen molar-refractivity contribution in [3.63, 3.8) is 0 Å². The van der Waals surface area contributed by atoms with Crippen molar-refractivity contribution in [1.82, 2.24) is 10.2 Å². The lowest BCUT2D eigenvalue weighted by Gasteiger charge is -2.22. The third-order valence-electron chi connectivity index (χ3n) is 3.87. The van der Waals surface area contributed by atoms with Crippen molar-refractivity contribution in [1.29, 1.82) is 0 Å². The maximum Gasteiger partial charge on any atom is 0.227 e. The fraction of sp³-hybridized carbons (Fsp3) is 0.467. The number of nitrogens with one attached hydrogen (secondary N) is 1. The molecule has 1 aliphatic heterocycles. The van der Waals surface area contributed by atoms with Gasteiger partial charge in [0, 0.05) is 19.2 Å². The quantitative estimate of drug-likeness (QED) is 0.864. The number of hydrogen-bond donors (Lipinski definition) is 1. The highest BCUT2D eigenvalue weighted by Crippen LogP contribution is 2.30. The second kappa shape index (κ2) is 5.94. The Kier molecular flexibility index (Phi) is 4.45. The molecule has 1 aliphatic rings. The summed E-state index contributed by atoms with van der Waals surface area (Å²) in [5, 5.41) is 3.17. The summed E-state index contributed by atoms with van der Waals surface area (Å²) in [6.07, 6.45) is 0.766. The molecule has 1 saturated heterocycles. The van der Waals surface area contributed by atoms with Crippen LogP contribution in [-0.2, 0) is 4.79 Å². The first-order valence-corrected chi connectivity index (χ1v) is 7.06. The maximum absolute atomic E-state index is 12.2. The Bertz CT molecular complexity index is 532. The summed E-state index contributed by atoms with van der Waals surface area (Å²) in [6, 6.07) is 7.06. The van der Waals surface area contributed by atoms with Gasteiger partial charge in [0.05, 0.1) is 17.0 Å². The molecule has 0 radical (unpaired) electrons. The largest absolute Gasteiger partial charge is 0.359 e. The number of rotatable bonds is 4. The van der Waals surface area contributed by atoms with Crippen LogP contribution >= 0.6 is 11.6 Å². The third-order valence-corrected chi connectivity index (χ3v) is 4.20. The van der Waals surface area contributed by atoms with Gasteiger partial charge in [-0.15, -0.1) is 0 Å². The molecule has 4 nitrogen and oxygen atoms in total. The Balaban J connectivity index is 2.01. The van der Waals surface area contributed by atoms with Crippen molar-refractivity contribution in [2.45, 2.75) is 13.3 Å². The molecule has 1 amide bonds. The smallest absolute Gasteiger partial charge is 0.227 e. The number of amides is 1. The van der Waals surface area contributed by atoms with Crippen molar-refractivity contribution in [2.24, 2.45) is 5.41 Å². The van der Waals surface area contributed by atoms with Crippen LogP contribution in [0.25, 0.3) is 0 Å². The minimum absolute atomic E-state index is 0.00300. The lowest BCUT2D eigenvalue weighted by atomic mass is 9.89. The molecule has 2 rings (SSSR count). The van der Waals surface area contributed by atoms with E-state index >= 15 is 0 Å². The normalized spacial score (nSPS) is 22.8. The van der Waals surface area contributed by atoms with Crippen LogP contribution < -0.4 is 5.32 Å². The Hall–Kier alpha value is -1.39. The Morgan fingerprint density at radius 2 is 2.10 bits per heavy atom. The van der Waals surface area contributed by atoms with E-state index in [2.05, 4.69) is 5.32 Å². The topological polar surface area (TPSA) is 49.4 Å². The molecule has 1 aromatic carbocycles. The lowest BCUT2D eigenvalue weighted by Crippen LogP contribution is -2.40. The Morgan fingerprint density at radius 1 is 1.40 bits per heavy atom. The van der Waals surface area contributed by atoms with Crippen molar-refractivity contribution in [3.8, 4) is 0 Å². The van der Waals surface area contributed by atoms with Gasteiger partial charge in [-0.05, 0) is 32.0 Å². The molecule has 0 aliphatic carbocycles. The number of likely N-dealkylation sites (tertiary alicyclic amines) is 1. The van der Waals surface area contributed by atoms with E-state index in [1.165, 1.54) is 0 Å². The van der Waals surface area contributed by atoms with E-state index in [1.807, 2.05) is 11.8 Å². The average molecular weight is 295 g/mol. The summed E-state index contributed by atoms with van der Waals surface area (Å²) in [6.45, 7) is 3.59. The molecule has 1 aromatic rings. The summed E-state index contributed by atoms with van der Waals surface area (Å²) in [5.74, 6) is 0.0296. The van der Waals surface area contributed by atoms with Gasteiger partial charge in [0.15, 0.2) is 5.78 Å². The van der Waals surface area contributed by atoms with Gasteiger partial charge in [-0.1, -0.05) is 23.7 Å². The van der Waals surface area contributed by atoms with Gasteiger partial charge in [-0.3, -0.25) is 14.5 Å². The number of Topliss-reactive ketones (excluding diaryl/α,β-unsaturated/α-hetero) is 1. The van der Waals surface area contributed by atoms with E-state index in [0.717, 1.165) is 13.0 Å². The number of benzene rings is 1. The van der Waals surface area contributed by atoms with Crippen LogP contribution in [0, 0.1) is 5.41 Å². The number of carbonyl (C=O) groups excluding carboxylic acids is 2. The zero-order chi connectivity index (χ0) is 14.8. The standard InChI is InChI=1S/C15H19ClN2O2/c1-15(14(20)17-2)7-8-18(10-15)9-13(19)11-5-3-4-6-12(11)16/h3-6H,7-10H2,1-2H3,(H,17,20). The van der Waals surface area contributed by atoms with E-state index < -0.39 is 5.41 Å². The Labute approximate surface area is 124 Å². The molecular weight excluding hydrogens is 276 g/mol. The molecule has 0 spiro atoms. The average Bonchev–Trinajstić information content (AvgIpc) is 2.81. The zero-order valence-corrected chi connectivity index (χ0v) is 12.5. The number of carbonyl (C=O) groups is 2. The zero-order valence-electron chi connectivity index (χ0n) is 11.8. The molecule has 0 saturated carbocycles. The SMILES string of the molecule is CNC(=O)C1(C)CCN(CC(=O)c2ccccc2Cl)C1. The van der Waals surface area contributed by atoms with Crippen LogP contribution in [-0.4, -0.2) is 43.3 Å². The summed E-state index contributed by atoms with van der Waals surface area (Å²) in [5.41, 5.74) is 0.137. The summed E-state index contributed by atoms with van der Waals surface area (Å²) in [7, 11) is 1.64. The minimum Gasteiger partial charge on any atom is -0.359 e. The summed E-state index contributed by atoms with van der Waals surface area (Å²) >= 11 is 6.03. The number of ketones is 1. The van der Waals surface area contributed by atoms with Gasteiger partial charge in [0.1, 0.15) is 0 Å². The predicted octanol–water partition coefficient (Wildman–Crippen LogP) is 1.98. The lowest BCUT2D eigenvalue weighted by molar-refractivity contribution is -0.129. The van der Waals surface area contributed by atoms with Crippen molar-refractivity contribution in [3.05, 3.63) is 34.9 Å². The van der Waals surface area contributed by atoms with Crippen LogP contribution in [0.1, 0.15) is 23.7 Å². The molecular formula is C15H19ClN2O2. The maximum atomic E-state index is 12.2. The second-order valence-corrected chi connectivity index (χ2v) is 5.91. The number of hydrogen-bond acceptors (Lipinski definition) is 3. The van der Waals surface area contributed by atoms with Gasteiger partial charge < -0.3 is 5.32 Å². The van der Waals surface area contributed by atoms with Gasteiger partial charge in [0.2, 0.25) is 5.91 Å². The van der Waals surface area contributed by atoms with E-state index in [9.17, 15) is 9.59 Å². The fourth-order valence-electron chi connectivity index (χ4n) is 2.65. The van der Waals surface area contributed by atoms with E-state index in [4.69, 9.17) is 11.6 Å². The van der Waals surface area contributed by atoms with Gasteiger partial charge >= 0.3 is 0 Å². The van der Waals surface area contributed by atoms with Crippen molar-refractivity contribution < 1.29 is 9.59 Å². The van der Waals surface area contributed by atoms with E-state index in [1.54, 1.807) is 31.3 Å². The fourth-order valence-corrected chi connectivity index (χ4v) is 2.90. The molecule has 1 unspecified atom stereocenters. The number of nitrogens with zero attached hydrogens (tertiary/aromatic N) is 1. The van der Waals surface area contributed by atoms with E-state index in [0.29, 0.717) is 23.7 Å². The monoisotopic (exact) mass is 294 g/mol. The number of halogens is 1. The van der Waals surface area contributed by atoms with Gasteiger partial charge in [-0.25, -0.2) is 0 Å². The van der Waals surface area contributed by atoms with Crippen LogP contribution in [0.2, 0.25) is 5.02 Å². The molecule has 1 atom stereocenters. The predicted molar refractivity (Wildman–Crippen MR) is 79.0 cm³/mol. The molecule has 0 bridgehead atoms. The summed E-state index contributed by atoms with van der Waals surface area (Å²) < 4.78 is 0. The molecule has 1 heterocycles. The first-order valence-electron chi connectivity index (χ1n) is 6.68. The molecule has 1 fully saturated rings. The van der Waals surface area contributed by atoms with Crippen LogP contribution in [0.3, 0.4) is 0 Å². The highest BCUT2D eigenvalue weighted by Gasteiger charge is 2.40. The molecule has 1 N–H and O–H groups in total. The van der Waals surface area contributed by atoms with Gasteiger partial charge in [0.25, 0.3) is 0 Å². The molecule has 20 heavy (non-hydrogen) atoms. The van der Waals surface area contributed by atoms with Crippen LogP contribution in [0.5, 0.6) is 0 Å².